The number of fused-ring (bicyclic) bond motifs is 1. The molecule has 1 aliphatic rings. The van der Waals surface area contributed by atoms with Crippen molar-refractivity contribution in [3.8, 4) is 0 Å². The van der Waals surface area contributed by atoms with Gasteiger partial charge in [0.25, 0.3) is 0 Å². The summed E-state index contributed by atoms with van der Waals surface area (Å²) in [6.07, 6.45) is 6.61. The Morgan fingerprint density at radius 1 is 1.25 bits per heavy atom. The van der Waals surface area contributed by atoms with E-state index in [1.54, 1.807) is 0 Å². The molecule has 0 fully saturated rings. The topological polar surface area (TPSA) is 15.8 Å². The lowest BCUT2D eigenvalue weighted by molar-refractivity contribution is 1.13. The Bertz CT molecular complexity index is 415. The van der Waals surface area contributed by atoms with Crippen molar-refractivity contribution in [3.05, 3.63) is 34.1 Å². The zero-order valence-corrected chi connectivity index (χ0v) is 7.97. The van der Waals surface area contributed by atoms with Gasteiger partial charge in [0.1, 0.15) is 0 Å². The minimum atomic E-state index is 0.811. The molecule has 0 aromatic carbocycles. The molecule has 0 saturated heterocycles. The number of pyridine rings is 1. The molecule has 0 unspecified atom stereocenters. The quantitative estimate of drug-likeness (QED) is 0.637. The van der Waals surface area contributed by atoms with Gasteiger partial charge in [0, 0.05) is 33.2 Å². The van der Waals surface area contributed by atoms with E-state index in [1.807, 2.05) is 24.4 Å². The van der Waals surface area contributed by atoms with Crippen LogP contribution in [0.1, 0.15) is 11.3 Å². The summed E-state index contributed by atoms with van der Waals surface area (Å²) >= 11 is 10.2. The molecule has 1 heterocycles. The van der Waals surface area contributed by atoms with Crippen LogP contribution in [-0.4, -0.2) is 9.85 Å². The molecule has 1 N–H and O–H groups in total. The fourth-order valence-electron chi connectivity index (χ4n) is 1.27. The molecule has 0 radical (unpaired) electrons. The van der Waals surface area contributed by atoms with Gasteiger partial charge in [-0.25, -0.2) is 0 Å². The van der Waals surface area contributed by atoms with Gasteiger partial charge in [-0.1, -0.05) is 30.5 Å². The van der Waals surface area contributed by atoms with Crippen molar-refractivity contribution >= 4 is 35.4 Å². The summed E-state index contributed by atoms with van der Waals surface area (Å²) in [6, 6.07) is 1.90. The van der Waals surface area contributed by atoms with E-state index in [0.717, 1.165) is 27.1 Å². The normalized spacial score (nSPS) is 14.5. The molecule has 12 heavy (non-hydrogen) atoms. The van der Waals surface area contributed by atoms with Gasteiger partial charge in [0.05, 0.1) is 0 Å². The Labute approximate surface area is 81.1 Å². The number of hydrogen-bond acceptors (Lipinski definition) is 2. The summed E-state index contributed by atoms with van der Waals surface area (Å²) in [6.45, 7) is 0. The third-order valence-corrected chi connectivity index (χ3v) is 2.51. The minimum Gasteiger partial charge on any atom is -0.364 e. The first-order valence-corrected chi connectivity index (χ1v) is 4.50. The summed E-state index contributed by atoms with van der Waals surface area (Å²) < 4.78 is 0.891. The number of rotatable bonds is 0. The summed E-state index contributed by atoms with van der Waals surface area (Å²) in [5.74, 6) is 0. The van der Waals surface area contributed by atoms with Crippen LogP contribution in [0.4, 0.5) is 0 Å². The second kappa shape index (κ2) is 2.92. The first-order chi connectivity index (χ1) is 5.77. The highest BCUT2D eigenvalue weighted by molar-refractivity contribution is 7.80. The highest BCUT2D eigenvalue weighted by Gasteiger charge is 2.07. The first kappa shape index (κ1) is 7.83. The van der Waals surface area contributed by atoms with Gasteiger partial charge in [-0.15, -0.1) is 0 Å². The largest absolute Gasteiger partial charge is 0.364 e. The molecule has 1 aromatic rings. The Morgan fingerprint density at radius 2 is 2.08 bits per heavy atom. The third kappa shape index (κ3) is 1.26. The SMILES string of the molecule is S=C1C=Cc2c([nH]ccc2=S)C1. The maximum Gasteiger partial charge on any atom is 0.0481 e. The molecule has 60 valence electrons. The fraction of sp³-hybridized carbons (Fsp3) is 0.111. The van der Waals surface area contributed by atoms with E-state index in [2.05, 4.69) is 4.98 Å². The third-order valence-electron chi connectivity index (χ3n) is 1.87. The van der Waals surface area contributed by atoms with Crippen LogP contribution in [0.15, 0.2) is 18.3 Å². The van der Waals surface area contributed by atoms with E-state index in [0.29, 0.717) is 0 Å². The zero-order valence-electron chi connectivity index (χ0n) is 6.33. The van der Waals surface area contributed by atoms with Gasteiger partial charge in [0.15, 0.2) is 0 Å². The van der Waals surface area contributed by atoms with Gasteiger partial charge < -0.3 is 4.98 Å². The average molecular weight is 193 g/mol. The predicted octanol–water partition coefficient (Wildman–Crippen LogP) is 2.68. The van der Waals surface area contributed by atoms with Crippen LogP contribution in [-0.2, 0) is 6.42 Å². The number of H-pyrrole nitrogens is 1. The smallest absolute Gasteiger partial charge is 0.0481 e. The van der Waals surface area contributed by atoms with Gasteiger partial charge in [-0.05, 0) is 12.1 Å². The molecule has 1 nitrogen and oxygen atoms in total. The molecule has 0 bridgehead atoms. The van der Waals surface area contributed by atoms with E-state index in [9.17, 15) is 0 Å². The summed E-state index contributed by atoms with van der Waals surface area (Å²) in [7, 11) is 0. The monoisotopic (exact) mass is 193 g/mol. The molecule has 0 atom stereocenters. The Hall–Kier alpha value is -0.800. The second-order valence-electron chi connectivity index (χ2n) is 2.71. The van der Waals surface area contributed by atoms with Crippen LogP contribution in [0.25, 0.3) is 6.08 Å². The van der Waals surface area contributed by atoms with Crippen molar-refractivity contribution in [3.63, 3.8) is 0 Å². The number of nitrogens with one attached hydrogen (secondary N) is 1. The summed E-state index contributed by atoms with van der Waals surface area (Å²) in [5, 5.41) is 0. The maximum atomic E-state index is 5.16. The standard InChI is InChI=1S/C9H7NS2/c11-6-1-2-7-8(5-6)10-4-3-9(7)12/h1-4H,5H2,(H,10,12). The zero-order chi connectivity index (χ0) is 8.55. The second-order valence-corrected chi connectivity index (χ2v) is 3.67. The van der Waals surface area contributed by atoms with Gasteiger partial charge >= 0.3 is 0 Å². The predicted molar refractivity (Wildman–Crippen MR) is 57.0 cm³/mol. The van der Waals surface area contributed by atoms with Crippen LogP contribution in [0.5, 0.6) is 0 Å². The van der Waals surface area contributed by atoms with Crippen molar-refractivity contribution in [1.29, 1.82) is 0 Å². The minimum absolute atomic E-state index is 0.811. The van der Waals surface area contributed by atoms with E-state index in [-0.39, 0.29) is 0 Å². The lowest BCUT2D eigenvalue weighted by Crippen LogP contribution is -2.05. The van der Waals surface area contributed by atoms with Gasteiger partial charge in [0.2, 0.25) is 0 Å². The van der Waals surface area contributed by atoms with Crippen LogP contribution in [0.3, 0.4) is 0 Å². The molecule has 1 aromatic heterocycles. The van der Waals surface area contributed by atoms with E-state index in [1.165, 1.54) is 0 Å². The summed E-state index contributed by atoms with van der Waals surface area (Å²) in [5.41, 5.74) is 2.25. The summed E-state index contributed by atoms with van der Waals surface area (Å²) in [4.78, 5) is 4.11. The Morgan fingerprint density at radius 3 is 2.92 bits per heavy atom. The number of hydrogen-bond donors (Lipinski definition) is 1. The van der Waals surface area contributed by atoms with E-state index < -0.39 is 0 Å². The highest BCUT2D eigenvalue weighted by atomic mass is 32.1. The van der Waals surface area contributed by atoms with Gasteiger partial charge in [-0.3, -0.25) is 0 Å². The molecular weight excluding hydrogens is 186 g/mol. The number of allylic oxidation sites excluding steroid dienone is 1. The van der Waals surface area contributed by atoms with Gasteiger partial charge in [-0.2, -0.15) is 0 Å². The van der Waals surface area contributed by atoms with Crippen molar-refractivity contribution in [1.82, 2.24) is 4.98 Å². The number of thiocarbonyl (C=S) groups is 1. The van der Waals surface area contributed by atoms with Crippen LogP contribution in [0.2, 0.25) is 0 Å². The molecular formula is C9H7NS2. The molecule has 0 aliphatic heterocycles. The van der Waals surface area contributed by atoms with Crippen LogP contribution in [0, 0.1) is 4.51 Å². The van der Waals surface area contributed by atoms with Crippen molar-refractivity contribution in [2.75, 3.05) is 0 Å². The lowest BCUT2D eigenvalue weighted by Gasteiger charge is -2.09. The lowest BCUT2D eigenvalue weighted by atomic mass is 10.0. The number of aromatic nitrogens is 1. The average Bonchev–Trinajstić information content (AvgIpc) is 2.04. The maximum absolute atomic E-state index is 5.16. The molecule has 0 spiro atoms. The Balaban J connectivity index is 2.68. The molecule has 0 saturated carbocycles. The molecule has 0 amide bonds. The van der Waals surface area contributed by atoms with Crippen molar-refractivity contribution in [2.45, 2.75) is 6.42 Å². The van der Waals surface area contributed by atoms with E-state index >= 15 is 0 Å². The Kier molecular flexibility index (Phi) is 1.90. The van der Waals surface area contributed by atoms with Crippen molar-refractivity contribution in [2.24, 2.45) is 0 Å². The molecule has 3 heteroatoms. The molecule has 1 aliphatic carbocycles. The van der Waals surface area contributed by atoms with Crippen molar-refractivity contribution < 1.29 is 0 Å². The fourth-order valence-corrected chi connectivity index (χ4v) is 1.74. The number of aromatic amines is 1. The first-order valence-electron chi connectivity index (χ1n) is 3.69. The van der Waals surface area contributed by atoms with Crippen LogP contribution >= 0.6 is 24.4 Å². The van der Waals surface area contributed by atoms with E-state index in [4.69, 9.17) is 24.4 Å². The molecule has 2 rings (SSSR count). The van der Waals surface area contributed by atoms with Crippen LogP contribution < -0.4 is 0 Å². The highest BCUT2D eigenvalue weighted by Crippen LogP contribution is 2.16.